The van der Waals surface area contributed by atoms with Crippen LogP contribution in [0.4, 0.5) is 4.79 Å². The Bertz CT molecular complexity index is 516. The number of nitrogens with one attached hydrogen (secondary N) is 1. The van der Waals surface area contributed by atoms with Crippen LogP contribution in [0.1, 0.15) is 5.56 Å². The smallest absolute Gasteiger partial charge is 0.332 e. The van der Waals surface area contributed by atoms with Gasteiger partial charge in [0.15, 0.2) is 0 Å². The number of primary amides is 1. The molecule has 15 heavy (non-hydrogen) atoms. The summed E-state index contributed by atoms with van der Waals surface area (Å²) in [6.45, 7) is 0. The van der Waals surface area contributed by atoms with E-state index in [9.17, 15) is 4.79 Å². The van der Waals surface area contributed by atoms with E-state index in [1.807, 2.05) is 24.3 Å². The van der Waals surface area contributed by atoms with E-state index < -0.39 is 6.03 Å². The van der Waals surface area contributed by atoms with Gasteiger partial charge in [0.2, 0.25) is 0 Å². The number of hydrazone groups is 1. The summed E-state index contributed by atoms with van der Waals surface area (Å²) in [4.78, 5) is 10.3. The SMILES string of the molecule is NC(=O)NN=Cc1ccc2ccoc2c1. The van der Waals surface area contributed by atoms with Crippen molar-refractivity contribution < 1.29 is 9.21 Å². The second-order valence-electron chi connectivity index (χ2n) is 2.95. The van der Waals surface area contributed by atoms with Crippen LogP contribution in [-0.2, 0) is 0 Å². The summed E-state index contributed by atoms with van der Waals surface area (Å²) in [7, 11) is 0. The molecule has 3 N–H and O–H groups in total. The van der Waals surface area contributed by atoms with Crippen molar-refractivity contribution in [2.75, 3.05) is 0 Å². The van der Waals surface area contributed by atoms with E-state index in [0.29, 0.717) is 0 Å². The maximum absolute atomic E-state index is 10.3. The maximum Gasteiger partial charge on any atom is 0.332 e. The molecule has 5 heteroatoms. The van der Waals surface area contributed by atoms with E-state index >= 15 is 0 Å². The number of hydrogen-bond acceptors (Lipinski definition) is 3. The Morgan fingerprint density at radius 2 is 2.33 bits per heavy atom. The Balaban J connectivity index is 2.21. The molecule has 1 aromatic carbocycles. The molecule has 0 saturated heterocycles. The highest BCUT2D eigenvalue weighted by Gasteiger charge is 1.96. The van der Waals surface area contributed by atoms with Gasteiger partial charge in [-0.25, -0.2) is 10.2 Å². The highest BCUT2D eigenvalue weighted by atomic mass is 16.3. The summed E-state index contributed by atoms with van der Waals surface area (Å²) < 4.78 is 5.21. The maximum atomic E-state index is 10.3. The van der Waals surface area contributed by atoms with Gasteiger partial charge < -0.3 is 10.2 Å². The first-order valence-electron chi connectivity index (χ1n) is 4.31. The fourth-order valence-corrected chi connectivity index (χ4v) is 1.22. The van der Waals surface area contributed by atoms with Crippen LogP contribution in [0.2, 0.25) is 0 Å². The largest absolute Gasteiger partial charge is 0.464 e. The Morgan fingerprint density at radius 3 is 3.13 bits per heavy atom. The lowest BCUT2D eigenvalue weighted by Gasteiger charge is -1.93. The Morgan fingerprint density at radius 1 is 1.47 bits per heavy atom. The van der Waals surface area contributed by atoms with Gasteiger partial charge in [-0.2, -0.15) is 5.10 Å². The molecule has 0 bridgehead atoms. The number of carbonyl (C=O) groups excluding carboxylic acids is 1. The lowest BCUT2D eigenvalue weighted by molar-refractivity contribution is 0.249. The first-order valence-corrected chi connectivity index (χ1v) is 4.31. The first kappa shape index (κ1) is 9.26. The Labute approximate surface area is 85.6 Å². The monoisotopic (exact) mass is 203 g/mol. The number of benzene rings is 1. The third kappa shape index (κ3) is 2.14. The number of furan rings is 1. The summed E-state index contributed by atoms with van der Waals surface area (Å²) >= 11 is 0. The first-order chi connectivity index (χ1) is 7.25. The van der Waals surface area contributed by atoms with Crippen LogP contribution in [-0.4, -0.2) is 12.2 Å². The molecule has 0 saturated carbocycles. The summed E-state index contributed by atoms with van der Waals surface area (Å²) in [6, 6.07) is 6.78. The van der Waals surface area contributed by atoms with Gasteiger partial charge in [0.25, 0.3) is 0 Å². The minimum Gasteiger partial charge on any atom is -0.464 e. The van der Waals surface area contributed by atoms with Crippen LogP contribution in [0.5, 0.6) is 0 Å². The van der Waals surface area contributed by atoms with Crippen molar-refractivity contribution >= 4 is 23.2 Å². The van der Waals surface area contributed by atoms with Crippen LogP contribution in [0.3, 0.4) is 0 Å². The molecule has 0 radical (unpaired) electrons. The van der Waals surface area contributed by atoms with E-state index in [4.69, 9.17) is 10.2 Å². The number of amides is 2. The molecule has 0 spiro atoms. The standard InChI is InChI=1S/C10H9N3O2/c11-10(14)13-12-6-7-1-2-8-3-4-15-9(8)5-7/h1-6H,(H3,11,13,14). The van der Waals surface area contributed by atoms with Gasteiger partial charge in [-0.15, -0.1) is 0 Å². The zero-order chi connectivity index (χ0) is 10.7. The van der Waals surface area contributed by atoms with E-state index in [-0.39, 0.29) is 0 Å². The zero-order valence-corrected chi connectivity index (χ0v) is 7.81. The van der Waals surface area contributed by atoms with Crippen molar-refractivity contribution in [3.05, 3.63) is 36.1 Å². The molecule has 76 valence electrons. The average Bonchev–Trinajstić information content (AvgIpc) is 2.64. The number of carbonyl (C=O) groups is 1. The van der Waals surface area contributed by atoms with Gasteiger partial charge in [0.05, 0.1) is 12.5 Å². The number of hydrogen-bond donors (Lipinski definition) is 2. The van der Waals surface area contributed by atoms with Gasteiger partial charge in [-0.3, -0.25) is 0 Å². The second-order valence-corrected chi connectivity index (χ2v) is 2.95. The van der Waals surface area contributed by atoms with Crippen LogP contribution in [0.15, 0.2) is 40.0 Å². The van der Waals surface area contributed by atoms with Gasteiger partial charge in [0.1, 0.15) is 5.58 Å². The second kappa shape index (κ2) is 3.83. The third-order valence-electron chi connectivity index (χ3n) is 1.87. The summed E-state index contributed by atoms with van der Waals surface area (Å²) in [5.41, 5.74) is 8.56. The van der Waals surface area contributed by atoms with Crippen LogP contribution >= 0.6 is 0 Å². The van der Waals surface area contributed by atoms with Crippen molar-refractivity contribution in [2.24, 2.45) is 10.8 Å². The molecular formula is C10H9N3O2. The molecule has 1 aromatic heterocycles. The van der Waals surface area contributed by atoms with Crippen molar-refractivity contribution in [3.8, 4) is 0 Å². The molecule has 0 aliphatic heterocycles. The molecule has 0 fully saturated rings. The highest BCUT2D eigenvalue weighted by molar-refractivity contribution is 5.88. The van der Waals surface area contributed by atoms with Crippen LogP contribution in [0.25, 0.3) is 11.0 Å². The molecular weight excluding hydrogens is 194 g/mol. The van der Waals surface area contributed by atoms with E-state index in [1.165, 1.54) is 6.21 Å². The minimum atomic E-state index is -0.690. The molecule has 0 aliphatic carbocycles. The van der Waals surface area contributed by atoms with Crippen molar-refractivity contribution in [2.45, 2.75) is 0 Å². The lowest BCUT2D eigenvalue weighted by atomic mass is 10.2. The van der Waals surface area contributed by atoms with Gasteiger partial charge in [0, 0.05) is 5.39 Å². The fraction of sp³-hybridized carbons (Fsp3) is 0. The Kier molecular flexibility index (Phi) is 2.37. The van der Waals surface area contributed by atoms with Crippen molar-refractivity contribution in [1.82, 2.24) is 5.43 Å². The molecule has 2 aromatic rings. The van der Waals surface area contributed by atoms with E-state index in [2.05, 4.69) is 10.5 Å². The topological polar surface area (TPSA) is 80.6 Å². The van der Waals surface area contributed by atoms with Gasteiger partial charge >= 0.3 is 6.03 Å². The molecule has 5 nitrogen and oxygen atoms in total. The number of nitrogens with two attached hydrogens (primary N) is 1. The van der Waals surface area contributed by atoms with Crippen LogP contribution < -0.4 is 11.2 Å². The molecule has 1 heterocycles. The van der Waals surface area contributed by atoms with Crippen molar-refractivity contribution in [1.29, 1.82) is 0 Å². The normalized spacial score (nSPS) is 10.9. The number of fused-ring (bicyclic) bond motifs is 1. The predicted octanol–water partition coefficient (Wildman–Crippen LogP) is 1.43. The van der Waals surface area contributed by atoms with Crippen molar-refractivity contribution in [3.63, 3.8) is 0 Å². The number of nitrogens with zero attached hydrogens (tertiary/aromatic N) is 1. The quantitative estimate of drug-likeness (QED) is 0.572. The fourth-order valence-electron chi connectivity index (χ4n) is 1.22. The van der Waals surface area contributed by atoms with E-state index in [1.54, 1.807) is 6.26 Å². The molecule has 0 unspecified atom stereocenters. The molecule has 2 rings (SSSR count). The van der Waals surface area contributed by atoms with Gasteiger partial charge in [-0.05, 0) is 17.7 Å². The third-order valence-corrected chi connectivity index (χ3v) is 1.87. The minimum absolute atomic E-state index is 0.690. The molecule has 0 atom stereocenters. The van der Waals surface area contributed by atoms with Gasteiger partial charge in [-0.1, -0.05) is 12.1 Å². The predicted molar refractivity (Wildman–Crippen MR) is 56.5 cm³/mol. The Hall–Kier alpha value is -2.30. The summed E-state index contributed by atoms with van der Waals surface area (Å²) in [5, 5.41) is 4.66. The molecule has 0 aliphatic rings. The zero-order valence-electron chi connectivity index (χ0n) is 7.81. The average molecular weight is 203 g/mol. The number of rotatable bonds is 2. The lowest BCUT2D eigenvalue weighted by Crippen LogP contribution is -2.24. The van der Waals surface area contributed by atoms with E-state index in [0.717, 1.165) is 16.5 Å². The molecule has 2 amide bonds. The van der Waals surface area contributed by atoms with Crippen LogP contribution in [0, 0.1) is 0 Å². The highest BCUT2D eigenvalue weighted by Crippen LogP contribution is 2.15. The summed E-state index contributed by atoms with van der Waals surface area (Å²) in [6.07, 6.45) is 3.11. The number of urea groups is 1. The summed E-state index contributed by atoms with van der Waals surface area (Å²) in [5.74, 6) is 0.